The highest BCUT2D eigenvalue weighted by molar-refractivity contribution is 5.92. The van der Waals surface area contributed by atoms with Crippen molar-refractivity contribution in [3.05, 3.63) is 23.4 Å². The molecular weight excluding hydrogens is 216 g/mol. The van der Waals surface area contributed by atoms with E-state index in [1.54, 1.807) is 0 Å². The molecule has 1 amide bonds. The maximum atomic E-state index is 12.0. The van der Waals surface area contributed by atoms with Crippen LogP contribution in [0, 0.1) is 5.92 Å². The van der Waals surface area contributed by atoms with E-state index in [2.05, 4.69) is 22.6 Å². The highest BCUT2D eigenvalue weighted by Crippen LogP contribution is 2.28. The number of nitrogens with zero attached hydrogens (tertiary/aromatic N) is 1. The highest BCUT2D eigenvalue weighted by Gasteiger charge is 2.24. The number of carbonyl (C=O) groups is 1. The Morgan fingerprint density at radius 1 is 1.29 bits per heavy atom. The van der Waals surface area contributed by atoms with Gasteiger partial charge in [0.05, 0.1) is 5.69 Å². The second-order valence-electron chi connectivity index (χ2n) is 4.77. The zero-order chi connectivity index (χ0) is 11.7. The molecule has 3 rings (SSSR count). The van der Waals surface area contributed by atoms with Crippen LogP contribution in [0.3, 0.4) is 0 Å². The molecule has 2 aliphatic carbocycles. The fourth-order valence-corrected chi connectivity index (χ4v) is 2.53. The predicted molar refractivity (Wildman–Crippen MR) is 63.6 cm³/mol. The van der Waals surface area contributed by atoms with Crippen molar-refractivity contribution >= 4 is 11.8 Å². The molecule has 90 valence electrons. The first-order valence-corrected chi connectivity index (χ1v) is 6.28. The second kappa shape index (κ2) is 4.35. The summed E-state index contributed by atoms with van der Waals surface area (Å²) >= 11 is 0. The van der Waals surface area contributed by atoms with Crippen LogP contribution in [0.1, 0.15) is 36.9 Å². The number of anilines is 1. The predicted octanol–water partition coefficient (Wildman–Crippen LogP) is 2.46. The summed E-state index contributed by atoms with van der Waals surface area (Å²) in [6, 6.07) is 0. The Kier molecular flexibility index (Phi) is 2.71. The fourth-order valence-electron chi connectivity index (χ4n) is 2.53. The lowest BCUT2D eigenvalue weighted by atomic mass is 9.97. The van der Waals surface area contributed by atoms with Gasteiger partial charge in [-0.2, -0.15) is 0 Å². The van der Waals surface area contributed by atoms with Gasteiger partial charge in [-0.1, -0.05) is 17.3 Å². The summed E-state index contributed by atoms with van der Waals surface area (Å²) in [5.74, 6) is 0.704. The minimum Gasteiger partial charge on any atom is -0.338 e. The van der Waals surface area contributed by atoms with Crippen molar-refractivity contribution in [3.63, 3.8) is 0 Å². The molecule has 0 radical (unpaired) electrons. The third-order valence-electron chi connectivity index (χ3n) is 3.58. The fraction of sp³-hybridized carbons (Fsp3) is 0.538. The van der Waals surface area contributed by atoms with E-state index < -0.39 is 0 Å². The van der Waals surface area contributed by atoms with E-state index in [1.165, 1.54) is 6.42 Å². The molecule has 17 heavy (non-hydrogen) atoms. The smallest absolute Gasteiger partial charge is 0.234 e. The largest absolute Gasteiger partial charge is 0.338 e. The van der Waals surface area contributed by atoms with Crippen LogP contribution in [0.15, 0.2) is 16.7 Å². The average molecular weight is 232 g/mol. The Morgan fingerprint density at radius 2 is 2.06 bits per heavy atom. The summed E-state index contributed by atoms with van der Waals surface area (Å²) in [5.41, 5.74) is 2.13. The summed E-state index contributed by atoms with van der Waals surface area (Å²) in [5, 5.41) is 6.91. The Labute approximate surface area is 100 Å². The van der Waals surface area contributed by atoms with Crippen LogP contribution in [0.5, 0.6) is 0 Å². The maximum Gasteiger partial charge on any atom is 0.234 e. The number of amides is 1. The van der Waals surface area contributed by atoms with Crippen LogP contribution < -0.4 is 5.32 Å². The van der Waals surface area contributed by atoms with Gasteiger partial charge in [-0.3, -0.25) is 10.1 Å². The molecule has 2 aliphatic rings. The van der Waals surface area contributed by atoms with E-state index in [9.17, 15) is 4.79 Å². The van der Waals surface area contributed by atoms with Gasteiger partial charge >= 0.3 is 0 Å². The van der Waals surface area contributed by atoms with Gasteiger partial charge in [0, 0.05) is 11.5 Å². The van der Waals surface area contributed by atoms with E-state index in [0.29, 0.717) is 5.88 Å². The van der Waals surface area contributed by atoms with Gasteiger partial charge in [0.25, 0.3) is 0 Å². The molecule has 0 saturated heterocycles. The third-order valence-corrected chi connectivity index (χ3v) is 3.58. The Morgan fingerprint density at radius 3 is 2.88 bits per heavy atom. The van der Waals surface area contributed by atoms with Crippen molar-refractivity contribution in [3.8, 4) is 0 Å². The van der Waals surface area contributed by atoms with Gasteiger partial charge in [-0.25, -0.2) is 0 Å². The minimum atomic E-state index is 0.0551. The van der Waals surface area contributed by atoms with Crippen LogP contribution in [0.25, 0.3) is 0 Å². The monoisotopic (exact) mass is 232 g/mol. The third kappa shape index (κ3) is 1.99. The molecule has 1 aromatic rings. The van der Waals surface area contributed by atoms with Crippen LogP contribution in [-0.2, 0) is 17.6 Å². The minimum absolute atomic E-state index is 0.0551. The van der Waals surface area contributed by atoms with Gasteiger partial charge in [0.15, 0.2) is 0 Å². The summed E-state index contributed by atoms with van der Waals surface area (Å²) < 4.78 is 5.25. The van der Waals surface area contributed by atoms with E-state index in [1.807, 2.05) is 0 Å². The molecule has 0 spiro atoms. The van der Waals surface area contributed by atoms with E-state index in [4.69, 9.17) is 4.52 Å². The number of nitrogens with one attached hydrogen (secondary N) is 1. The van der Waals surface area contributed by atoms with Crippen molar-refractivity contribution in [1.29, 1.82) is 0 Å². The van der Waals surface area contributed by atoms with Gasteiger partial charge in [-0.15, -0.1) is 0 Å². The van der Waals surface area contributed by atoms with Gasteiger partial charge in [0.2, 0.25) is 11.8 Å². The van der Waals surface area contributed by atoms with Crippen molar-refractivity contribution in [2.45, 2.75) is 38.5 Å². The standard InChI is InChI=1S/C13H16N2O2/c16-12(9-5-1-2-6-9)14-13-10-7-3-4-8-11(10)15-17-13/h1-2,9H,3-8H2,(H,14,16). The van der Waals surface area contributed by atoms with Crippen LogP contribution in [0.4, 0.5) is 5.88 Å². The Balaban J connectivity index is 1.72. The Bertz CT molecular complexity index is 454. The van der Waals surface area contributed by atoms with Crippen LogP contribution >= 0.6 is 0 Å². The molecule has 4 heteroatoms. The second-order valence-corrected chi connectivity index (χ2v) is 4.77. The van der Waals surface area contributed by atoms with Crippen molar-refractivity contribution in [2.75, 3.05) is 5.32 Å². The topological polar surface area (TPSA) is 55.1 Å². The lowest BCUT2D eigenvalue weighted by Crippen LogP contribution is -2.21. The Hall–Kier alpha value is -1.58. The number of hydrogen-bond acceptors (Lipinski definition) is 3. The van der Waals surface area contributed by atoms with Crippen molar-refractivity contribution in [2.24, 2.45) is 5.92 Å². The normalized spacial score (nSPS) is 19.3. The quantitative estimate of drug-likeness (QED) is 0.797. The van der Waals surface area contributed by atoms with Gasteiger partial charge in [0.1, 0.15) is 0 Å². The zero-order valence-electron chi connectivity index (χ0n) is 9.74. The molecule has 0 atom stereocenters. The van der Waals surface area contributed by atoms with Crippen molar-refractivity contribution in [1.82, 2.24) is 5.16 Å². The van der Waals surface area contributed by atoms with E-state index in [-0.39, 0.29) is 11.8 Å². The molecule has 0 bridgehead atoms. The molecule has 1 N–H and O–H groups in total. The number of rotatable bonds is 2. The lowest BCUT2D eigenvalue weighted by molar-refractivity contribution is -0.119. The van der Waals surface area contributed by atoms with Gasteiger partial charge in [-0.05, 0) is 38.5 Å². The number of aromatic nitrogens is 1. The number of aryl methyl sites for hydroxylation is 1. The molecule has 0 saturated carbocycles. The summed E-state index contributed by atoms with van der Waals surface area (Å²) in [7, 11) is 0. The molecule has 0 aliphatic heterocycles. The molecule has 1 heterocycles. The van der Waals surface area contributed by atoms with E-state index >= 15 is 0 Å². The number of hydrogen-bond donors (Lipinski definition) is 1. The molecule has 1 aromatic heterocycles. The molecule has 4 nitrogen and oxygen atoms in total. The van der Waals surface area contributed by atoms with Crippen LogP contribution in [-0.4, -0.2) is 11.1 Å². The SMILES string of the molecule is O=C(Nc1onc2c1CCCC2)C1CC=CC1. The number of allylic oxidation sites excluding steroid dienone is 2. The lowest BCUT2D eigenvalue weighted by Gasteiger charge is -2.11. The summed E-state index contributed by atoms with van der Waals surface area (Å²) in [6.07, 6.45) is 10.0. The molecule has 0 fully saturated rings. The first kappa shape index (κ1) is 10.6. The molecular formula is C13H16N2O2. The van der Waals surface area contributed by atoms with E-state index in [0.717, 1.165) is 43.4 Å². The average Bonchev–Trinajstić information content (AvgIpc) is 2.98. The van der Waals surface area contributed by atoms with Crippen LogP contribution in [0.2, 0.25) is 0 Å². The number of fused-ring (bicyclic) bond motifs is 1. The summed E-state index contributed by atoms with van der Waals surface area (Å²) in [6.45, 7) is 0. The number of carbonyl (C=O) groups excluding carboxylic acids is 1. The van der Waals surface area contributed by atoms with Crippen molar-refractivity contribution < 1.29 is 9.32 Å². The zero-order valence-corrected chi connectivity index (χ0v) is 9.74. The molecule has 0 aromatic carbocycles. The van der Waals surface area contributed by atoms with Gasteiger partial charge < -0.3 is 4.52 Å². The maximum absolute atomic E-state index is 12.0. The first-order valence-electron chi connectivity index (χ1n) is 6.28. The first-order chi connectivity index (χ1) is 8.34. The summed E-state index contributed by atoms with van der Waals surface area (Å²) in [4.78, 5) is 12.0. The molecule has 0 unspecified atom stereocenters. The highest BCUT2D eigenvalue weighted by atomic mass is 16.5.